The van der Waals surface area contributed by atoms with Crippen molar-refractivity contribution in [2.24, 2.45) is 7.05 Å². The summed E-state index contributed by atoms with van der Waals surface area (Å²) in [6.07, 6.45) is 20.5. The van der Waals surface area contributed by atoms with Crippen LogP contribution in [0.2, 0.25) is 5.02 Å². The molecule has 0 unspecified atom stereocenters. The highest BCUT2D eigenvalue weighted by Crippen LogP contribution is 2.34. The SMILES string of the molecule is Cn1ccnc1-c1nc2ccc(S(=O)(=O)Nc3ccccc3Cl)cc2[nH]1.O=S(=O)(Nc1ccc(F)cc1F)c1ccc2nc(C3=CCC=C3)[nH]c2c1.O=S(=O)(Nc1ccccc1F)c1ccc2nc(-c3ccccn3)[nH]c2c1.O=S(=O)(Nc1ccccc1F)c1ccc2nc(-c3nccs3)[nH]c2c1.O=S(=O)(Nc1ccccc1F)c1ccc2nc(C3=CCC=C3)[nH]c2c1. The van der Waals surface area contributed by atoms with E-state index in [1.807, 2.05) is 65.7 Å². The molecule has 0 bridgehead atoms. The molecule has 2 aliphatic carbocycles. The number of aryl methyl sites for hydroxylation is 1. The molecule has 8 aromatic heterocycles. The van der Waals surface area contributed by atoms with E-state index in [-0.39, 0.29) is 47.2 Å². The third-order valence-corrected chi connectivity index (χ3v) is 27.1. The number of benzene rings is 10. The summed E-state index contributed by atoms with van der Waals surface area (Å²) in [7, 11) is -17.7. The number of sulfonamides is 5. The van der Waals surface area contributed by atoms with E-state index in [1.165, 1.54) is 127 Å². The van der Waals surface area contributed by atoms with Crippen molar-refractivity contribution in [2.45, 2.75) is 37.3 Å². The molecule has 0 aliphatic heterocycles. The minimum atomic E-state index is -4.04. The first kappa shape index (κ1) is 86.7. The molecule has 646 valence electrons. The van der Waals surface area contributed by atoms with Gasteiger partial charge in [0.05, 0.1) is 113 Å². The lowest BCUT2D eigenvalue weighted by molar-refractivity contribution is 0.583. The predicted octanol–water partition coefficient (Wildman–Crippen LogP) is 18.4. The van der Waals surface area contributed by atoms with Crippen LogP contribution in [0.25, 0.3) is 100 Å². The molecule has 8 heterocycles. The summed E-state index contributed by atoms with van der Waals surface area (Å²) < 4.78 is 207. The summed E-state index contributed by atoms with van der Waals surface area (Å²) in [6, 6.07) is 54.2. The molecule has 41 heteroatoms. The van der Waals surface area contributed by atoms with Crippen LogP contribution >= 0.6 is 22.9 Å². The molecule has 2 aliphatic rings. The zero-order chi connectivity index (χ0) is 89.7. The molecule has 0 saturated carbocycles. The molecule has 10 aromatic carbocycles. The van der Waals surface area contributed by atoms with Crippen LogP contribution in [0.3, 0.4) is 0 Å². The van der Waals surface area contributed by atoms with Crippen molar-refractivity contribution in [3.63, 3.8) is 0 Å². The second kappa shape index (κ2) is 36.4. The summed E-state index contributed by atoms with van der Waals surface area (Å²) in [6.45, 7) is 0. The third-order valence-electron chi connectivity index (χ3n) is 19.1. The van der Waals surface area contributed by atoms with Gasteiger partial charge in [0.15, 0.2) is 28.3 Å². The van der Waals surface area contributed by atoms with E-state index in [2.05, 4.69) is 88.4 Å². The number of nitrogens with one attached hydrogen (secondary N) is 10. The number of allylic oxidation sites excluding steroid dienone is 8. The Morgan fingerprint density at radius 2 is 0.727 bits per heavy atom. The van der Waals surface area contributed by atoms with Crippen LogP contribution in [-0.2, 0) is 57.2 Å². The quantitative estimate of drug-likeness (QED) is 0.0317. The minimum absolute atomic E-state index is 0.00414. The van der Waals surface area contributed by atoms with Crippen molar-refractivity contribution in [2.75, 3.05) is 23.6 Å². The Morgan fingerprint density at radius 3 is 1.10 bits per heavy atom. The number of fused-ring (bicyclic) bond motifs is 5. The number of hydrogen-bond donors (Lipinski definition) is 10. The number of para-hydroxylation sites is 4. The molecule has 20 rings (SSSR count). The molecule has 0 radical (unpaired) electrons. The first-order valence-corrected chi connectivity index (χ1v) is 46.7. The summed E-state index contributed by atoms with van der Waals surface area (Å²) in [4.78, 5) is 50.3. The number of anilines is 5. The molecule has 0 atom stereocenters. The van der Waals surface area contributed by atoms with Crippen molar-refractivity contribution in [1.82, 2.24) is 69.4 Å². The summed E-state index contributed by atoms with van der Waals surface area (Å²) in [5.41, 5.74) is 8.30. The fourth-order valence-corrected chi connectivity index (χ4v) is 19.1. The number of hydrogen-bond acceptors (Lipinski definition) is 19. The molecule has 0 saturated heterocycles. The smallest absolute Gasteiger partial charge is 0.262 e. The van der Waals surface area contributed by atoms with Gasteiger partial charge in [0.1, 0.15) is 46.4 Å². The standard InChI is InChI=1S/C18H13F2N3O2S.C18H13FN4O2S.C18H14FN3O2S.C17H14ClN5O2S.C16H11FN4O2S2/c19-12-5-7-15(14(20)9-12)23-26(24,25)13-6-8-16-17(10-13)22-18(21-16)11-3-1-2-4-11;19-13-5-1-2-6-14(13)23-26(24,25)12-8-9-15-17(11-12)22-18(21-15)16-7-3-4-10-20-16;19-14-7-3-4-8-15(14)22-25(23,24)13-9-10-16-17(11-13)21-18(20-16)12-5-1-2-6-12;1-23-9-8-19-17(23)16-20-14-7-6-11(10-15(14)21-16)26(24,25)22-13-5-3-2-4-12(13)18;17-11-3-1-2-4-12(11)21-25(22,23)10-5-6-13-14(9-10)20-15(19-13)16-18-7-8-24-16/h1,3-10,23H,2H2,(H,21,22);1-11,23H,(H,21,22);1,3-11,22H,2H2,(H,20,21);2-10,22H,1H3,(H,20,21);1-9,21H,(H,19,20). The molecule has 0 spiro atoms. The lowest BCUT2D eigenvalue weighted by atomic mass is 10.3. The van der Waals surface area contributed by atoms with Crippen LogP contribution in [0.15, 0.2) is 316 Å². The molecular formula is C87H65ClF5N19O10S6. The Hall–Kier alpha value is -14.8. The Labute approximate surface area is 734 Å². The number of nitrogens with zero attached hydrogens (tertiary/aromatic N) is 9. The maximum Gasteiger partial charge on any atom is 0.262 e. The van der Waals surface area contributed by atoms with Crippen LogP contribution in [0.1, 0.15) is 24.5 Å². The van der Waals surface area contributed by atoms with Crippen molar-refractivity contribution < 1.29 is 64.0 Å². The van der Waals surface area contributed by atoms with E-state index in [9.17, 15) is 64.0 Å². The van der Waals surface area contributed by atoms with Crippen LogP contribution in [0, 0.1) is 29.1 Å². The van der Waals surface area contributed by atoms with Gasteiger partial charge in [-0.1, -0.05) is 103 Å². The van der Waals surface area contributed by atoms with Gasteiger partial charge in [-0.15, -0.1) is 11.3 Å². The molecular weight excluding hydrogens is 1790 g/mol. The second-order valence-corrected chi connectivity index (χ2v) is 37.6. The Morgan fingerprint density at radius 1 is 0.359 bits per heavy atom. The number of thiazole rings is 1. The fraction of sp³-hybridized carbons (Fsp3) is 0.0345. The highest BCUT2D eigenvalue weighted by atomic mass is 35.5. The number of imidazole rings is 6. The maximum atomic E-state index is 13.7. The topological polar surface area (TPSA) is 418 Å². The van der Waals surface area contributed by atoms with Gasteiger partial charge in [0, 0.05) is 54.4 Å². The van der Waals surface area contributed by atoms with E-state index in [4.69, 9.17) is 11.6 Å². The monoisotopic (exact) mass is 1860 g/mol. The Balaban J connectivity index is 0.000000117. The number of aromatic nitrogens is 14. The van der Waals surface area contributed by atoms with Gasteiger partial charge in [-0.3, -0.25) is 28.6 Å². The van der Waals surface area contributed by atoms with Crippen molar-refractivity contribution in [1.29, 1.82) is 0 Å². The molecule has 0 fully saturated rings. The zero-order valence-corrected chi connectivity index (χ0v) is 71.6. The Kier molecular flexibility index (Phi) is 24.7. The van der Waals surface area contributed by atoms with Gasteiger partial charge in [-0.05, 0) is 177 Å². The number of aromatic amines is 5. The first-order chi connectivity index (χ1) is 61.4. The summed E-state index contributed by atoms with van der Waals surface area (Å²) >= 11 is 7.46. The van der Waals surface area contributed by atoms with Gasteiger partial charge in [-0.2, -0.15) is 0 Å². The van der Waals surface area contributed by atoms with Crippen molar-refractivity contribution >= 4 is 168 Å². The van der Waals surface area contributed by atoms with Gasteiger partial charge >= 0.3 is 0 Å². The first-order valence-electron chi connectivity index (χ1n) is 38.0. The number of halogens is 6. The molecule has 18 aromatic rings. The van der Waals surface area contributed by atoms with E-state index in [0.717, 1.165) is 36.1 Å². The van der Waals surface area contributed by atoms with Crippen LogP contribution in [0.4, 0.5) is 50.4 Å². The van der Waals surface area contributed by atoms with E-state index in [0.29, 0.717) is 118 Å². The highest BCUT2D eigenvalue weighted by Gasteiger charge is 2.25. The van der Waals surface area contributed by atoms with Crippen LogP contribution in [-0.4, -0.2) is 111 Å². The van der Waals surface area contributed by atoms with E-state index in [1.54, 1.807) is 104 Å². The molecule has 29 nitrogen and oxygen atoms in total. The second-order valence-electron chi connectivity index (χ2n) is 27.9. The van der Waals surface area contributed by atoms with Crippen molar-refractivity contribution in [3.05, 3.63) is 337 Å². The lowest BCUT2D eigenvalue weighted by Gasteiger charge is -2.09. The minimum Gasteiger partial charge on any atom is -0.338 e. The summed E-state index contributed by atoms with van der Waals surface area (Å²) in [5, 5.41) is 2.87. The molecule has 0 amide bonds. The third kappa shape index (κ3) is 19.8. The highest BCUT2D eigenvalue weighted by molar-refractivity contribution is 7.94. The van der Waals surface area contributed by atoms with Gasteiger partial charge < -0.3 is 29.5 Å². The Bertz CT molecular complexity index is 8050. The van der Waals surface area contributed by atoms with Gasteiger partial charge in [0.25, 0.3) is 50.1 Å². The zero-order valence-electron chi connectivity index (χ0n) is 66.0. The maximum absolute atomic E-state index is 13.7. The van der Waals surface area contributed by atoms with Crippen molar-refractivity contribution in [3.8, 4) is 34.0 Å². The number of rotatable bonds is 20. The van der Waals surface area contributed by atoms with Crippen LogP contribution in [0.5, 0.6) is 0 Å². The normalized spacial score (nSPS) is 12.6. The molecule has 10 N–H and O–H groups in total. The average Bonchev–Trinajstić information content (AvgIpc) is 1.67. The largest absolute Gasteiger partial charge is 0.338 e. The van der Waals surface area contributed by atoms with Crippen LogP contribution < -0.4 is 23.6 Å². The molecule has 128 heavy (non-hydrogen) atoms. The summed E-state index contributed by atoms with van der Waals surface area (Å²) in [5.74, 6) is 0.0123. The predicted molar refractivity (Wildman–Crippen MR) is 482 cm³/mol. The van der Waals surface area contributed by atoms with Gasteiger partial charge in [-0.25, -0.2) is 98.9 Å². The average molecular weight is 1860 g/mol. The lowest BCUT2D eigenvalue weighted by Crippen LogP contribution is -2.14. The van der Waals surface area contributed by atoms with E-state index < -0.39 is 79.2 Å². The van der Waals surface area contributed by atoms with E-state index >= 15 is 0 Å². The fourth-order valence-electron chi connectivity index (χ4n) is 12.9. The number of pyridine rings is 1. The number of H-pyrrole nitrogens is 5. The van der Waals surface area contributed by atoms with Gasteiger partial charge in [0.2, 0.25) is 0 Å².